The van der Waals surface area contributed by atoms with Crippen molar-refractivity contribution in [1.82, 2.24) is 0 Å². The van der Waals surface area contributed by atoms with Crippen LogP contribution < -0.4 is 10.1 Å². The Bertz CT molecular complexity index is 911. The summed E-state index contributed by atoms with van der Waals surface area (Å²) in [7, 11) is 1.67. The van der Waals surface area contributed by atoms with E-state index in [4.69, 9.17) is 4.74 Å². The van der Waals surface area contributed by atoms with Crippen molar-refractivity contribution in [3.63, 3.8) is 0 Å². The van der Waals surface area contributed by atoms with E-state index >= 15 is 0 Å². The molecule has 170 valence electrons. The Morgan fingerprint density at radius 2 is 1.94 bits per heavy atom. The second kappa shape index (κ2) is 10.8. The number of hydrogen-bond donors (Lipinski definition) is 2. The topological polar surface area (TPSA) is 75.6 Å². The molecule has 1 unspecified atom stereocenters. The smallest absolute Gasteiger partial charge is 0.335 e. The quantitative estimate of drug-likeness (QED) is 0.396. The summed E-state index contributed by atoms with van der Waals surface area (Å²) in [5.74, 6) is -1.05. The highest BCUT2D eigenvalue weighted by Crippen LogP contribution is 2.40. The van der Waals surface area contributed by atoms with Crippen LogP contribution in [0, 0.1) is 6.92 Å². The molecule has 0 saturated heterocycles. The van der Waals surface area contributed by atoms with Gasteiger partial charge in [-0.1, -0.05) is 53.0 Å². The lowest BCUT2D eigenvalue weighted by molar-refractivity contribution is -0.116. The Hall–Kier alpha value is -2.34. The van der Waals surface area contributed by atoms with Gasteiger partial charge in [0.1, 0.15) is 0 Å². The first-order valence-corrected chi connectivity index (χ1v) is 11.8. The van der Waals surface area contributed by atoms with E-state index < -0.39 is 5.97 Å². The Balaban J connectivity index is 2.31. The molecular weight excluding hydrogens is 410 g/mol. The van der Waals surface area contributed by atoms with E-state index in [1.165, 1.54) is 0 Å². The summed E-state index contributed by atoms with van der Waals surface area (Å²) in [6.45, 7) is 10.4. The van der Waals surface area contributed by atoms with Gasteiger partial charge < -0.3 is 15.2 Å². The van der Waals surface area contributed by atoms with Crippen LogP contribution in [0.1, 0.15) is 92.8 Å². The van der Waals surface area contributed by atoms with Crippen molar-refractivity contribution < 1.29 is 19.4 Å². The van der Waals surface area contributed by atoms with Gasteiger partial charge in [-0.05, 0) is 53.3 Å². The molecule has 0 aliphatic heterocycles. The van der Waals surface area contributed by atoms with Crippen LogP contribution in [-0.2, 0) is 10.2 Å². The molecule has 0 saturated carbocycles. The van der Waals surface area contributed by atoms with Crippen LogP contribution in [0.5, 0.6) is 5.06 Å². The van der Waals surface area contributed by atoms with Crippen LogP contribution in [0.3, 0.4) is 0 Å². The molecule has 0 aliphatic carbocycles. The molecule has 0 fully saturated rings. The number of methoxy groups -OCH3 is 1. The summed E-state index contributed by atoms with van der Waals surface area (Å²) in [4.78, 5) is 24.6. The van der Waals surface area contributed by atoms with E-state index in [9.17, 15) is 14.7 Å². The average molecular weight is 446 g/mol. The molecule has 1 aromatic heterocycles. The van der Waals surface area contributed by atoms with Crippen molar-refractivity contribution in [3.8, 4) is 5.06 Å². The molecule has 2 N–H and O–H groups in total. The summed E-state index contributed by atoms with van der Waals surface area (Å²) in [5, 5.41) is 15.3. The molecular formula is C25H35NO4S. The standard InChI is InChI=1S/C25H35NO4S/c1-7-8-9-10-17(22-16(2)15-31-24(22)30-6)14-21(27)26-20-13-18(23(28)29)11-12-19(20)25(3,4)5/h11-13,15,17H,7-10,14H2,1-6H3,(H,26,27)(H,28,29). The summed E-state index contributed by atoms with van der Waals surface area (Å²) < 4.78 is 5.58. The number of anilines is 1. The summed E-state index contributed by atoms with van der Waals surface area (Å²) in [6, 6.07) is 4.94. The predicted molar refractivity (Wildman–Crippen MR) is 128 cm³/mol. The minimum absolute atomic E-state index is 0.0634. The number of nitrogens with one attached hydrogen (secondary N) is 1. The molecule has 0 radical (unpaired) electrons. The van der Waals surface area contributed by atoms with Crippen molar-refractivity contribution in [2.75, 3.05) is 12.4 Å². The summed E-state index contributed by atoms with van der Waals surface area (Å²) >= 11 is 1.57. The number of rotatable bonds is 10. The molecule has 0 aliphatic rings. The third kappa shape index (κ3) is 6.57. The van der Waals surface area contributed by atoms with E-state index in [1.807, 2.05) is 20.8 Å². The van der Waals surface area contributed by atoms with Gasteiger partial charge in [0, 0.05) is 17.7 Å². The number of aromatic carboxylic acids is 1. The zero-order valence-electron chi connectivity index (χ0n) is 19.5. The molecule has 5 nitrogen and oxygen atoms in total. The molecule has 1 aromatic carbocycles. The highest BCUT2D eigenvalue weighted by molar-refractivity contribution is 7.12. The maximum Gasteiger partial charge on any atom is 0.335 e. The van der Waals surface area contributed by atoms with Crippen LogP contribution in [0.2, 0.25) is 0 Å². The van der Waals surface area contributed by atoms with Crippen LogP contribution in [0.15, 0.2) is 23.6 Å². The molecule has 0 bridgehead atoms. The summed E-state index contributed by atoms with van der Waals surface area (Å²) in [5.41, 5.74) is 3.69. The number of carbonyl (C=O) groups is 2. The second-order valence-corrected chi connectivity index (χ2v) is 9.93. The predicted octanol–water partition coefficient (Wildman–Crippen LogP) is 6.75. The third-order valence-electron chi connectivity index (χ3n) is 5.52. The van der Waals surface area contributed by atoms with Crippen molar-refractivity contribution >= 4 is 28.9 Å². The first-order valence-electron chi connectivity index (χ1n) is 10.9. The molecule has 1 atom stereocenters. The minimum Gasteiger partial charge on any atom is -0.487 e. The van der Waals surface area contributed by atoms with Crippen LogP contribution >= 0.6 is 11.3 Å². The van der Waals surface area contributed by atoms with Crippen molar-refractivity contribution in [3.05, 3.63) is 45.8 Å². The molecule has 1 heterocycles. The van der Waals surface area contributed by atoms with Gasteiger partial charge >= 0.3 is 5.97 Å². The number of hydrogen-bond acceptors (Lipinski definition) is 4. The minimum atomic E-state index is -1.01. The van der Waals surface area contributed by atoms with Crippen molar-refractivity contribution in [2.45, 2.75) is 78.1 Å². The Morgan fingerprint density at radius 1 is 1.23 bits per heavy atom. The van der Waals surface area contributed by atoms with E-state index in [0.717, 1.165) is 47.4 Å². The van der Waals surface area contributed by atoms with Gasteiger partial charge in [-0.2, -0.15) is 0 Å². The maximum atomic E-state index is 13.1. The molecule has 6 heteroatoms. The first kappa shape index (κ1) is 24.9. The van der Waals surface area contributed by atoms with Crippen LogP contribution in [0.4, 0.5) is 5.69 Å². The van der Waals surface area contributed by atoms with Gasteiger partial charge in [0.25, 0.3) is 0 Å². The Morgan fingerprint density at radius 3 is 2.52 bits per heavy atom. The van der Waals surface area contributed by atoms with Gasteiger partial charge in [0.2, 0.25) is 5.91 Å². The zero-order chi connectivity index (χ0) is 23.2. The maximum absolute atomic E-state index is 13.1. The molecule has 31 heavy (non-hydrogen) atoms. The largest absolute Gasteiger partial charge is 0.487 e. The number of amides is 1. The van der Waals surface area contributed by atoms with E-state index in [2.05, 4.69) is 24.5 Å². The highest BCUT2D eigenvalue weighted by atomic mass is 32.1. The number of unbranched alkanes of at least 4 members (excludes halogenated alkanes) is 2. The monoisotopic (exact) mass is 445 g/mol. The van der Waals surface area contributed by atoms with Gasteiger partial charge in [-0.3, -0.25) is 4.79 Å². The number of carboxylic acid groups (broad SMARTS) is 1. The van der Waals surface area contributed by atoms with Crippen molar-refractivity contribution in [2.24, 2.45) is 0 Å². The van der Waals surface area contributed by atoms with E-state index in [1.54, 1.807) is 36.6 Å². The van der Waals surface area contributed by atoms with Gasteiger partial charge in [-0.15, -0.1) is 11.3 Å². The fourth-order valence-corrected chi connectivity index (χ4v) is 4.89. The molecule has 0 spiro atoms. The zero-order valence-corrected chi connectivity index (χ0v) is 20.3. The fraction of sp³-hybridized carbons (Fsp3) is 0.520. The van der Waals surface area contributed by atoms with Crippen molar-refractivity contribution in [1.29, 1.82) is 0 Å². The lowest BCUT2D eigenvalue weighted by Gasteiger charge is -2.24. The highest BCUT2D eigenvalue weighted by Gasteiger charge is 2.25. The molecule has 1 amide bonds. The number of ether oxygens (including phenoxy) is 1. The van der Waals surface area contributed by atoms with E-state index in [-0.39, 0.29) is 22.8 Å². The third-order valence-corrected chi connectivity index (χ3v) is 6.59. The Labute approximate surface area is 189 Å². The van der Waals surface area contributed by atoms with E-state index in [0.29, 0.717) is 12.1 Å². The average Bonchev–Trinajstić information content (AvgIpc) is 3.06. The lowest BCUT2D eigenvalue weighted by atomic mass is 9.85. The fourth-order valence-electron chi connectivity index (χ4n) is 3.93. The molecule has 2 rings (SSSR count). The molecule has 2 aromatic rings. The normalized spacial score (nSPS) is 12.5. The number of carboxylic acids is 1. The number of aryl methyl sites for hydroxylation is 1. The van der Waals surface area contributed by atoms with Crippen LogP contribution in [0.25, 0.3) is 0 Å². The first-order chi connectivity index (χ1) is 14.6. The number of thiophene rings is 1. The van der Waals surface area contributed by atoms with Gasteiger partial charge in [0.15, 0.2) is 5.06 Å². The lowest BCUT2D eigenvalue weighted by Crippen LogP contribution is -2.21. The number of benzene rings is 1. The van der Waals surface area contributed by atoms with Gasteiger partial charge in [-0.25, -0.2) is 4.79 Å². The van der Waals surface area contributed by atoms with Gasteiger partial charge in [0.05, 0.1) is 12.7 Å². The SMILES string of the molecule is CCCCCC(CC(=O)Nc1cc(C(=O)O)ccc1C(C)(C)C)c1c(C)csc1OC. The Kier molecular flexibility index (Phi) is 8.69. The second-order valence-electron chi connectivity index (χ2n) is 9.08. The van der Waals surface area contributed by atoms with Crippen LogP contribution in [-0.4, -0.2) is 24.1 Å². The number of carbonyl (C=O) groups excluding carboxylic acids is 1. The summed E-state index contributed by atoms with van der Waals surface area (Å²) in [6.07, 6.45) is 4.54.